The maximum Gasteiger partial charge on any atom is 0.0657 e. The number of pyridine rings is 1. The molecule has 0 aliphatic rings. The highest BCUT2D eigenvalue weighted by Crippen LogP contribution is 2.26. The Balaban J connectivity index is 2.01. The molecule has 0 spiro atoms. The predicted octanol–water partition coefficient (Wildman–Crippen LogP) is 3.66. The third kappa shape index (κ3) is 2.73. The minimum Gasteiger partial charge on any atom is -0.377 e. The van der Waals surface area contributed by atoms with Crippen LogP contribution in [0.25, 0.3) is 10.8 Å². The molecule has 0 amide bonds. The Morgan fingerprint density at radius 2 is 1.81 bits per heavy atom. The Labute approximate surface area is 124 Å². The molecular weight excluding hydrogens is 258 g/mol. The zero-order chi connectivity index (χ0) is 14.7. The first kappa shape index (κ1) is 13.6. The molecule has 3 heteroatoms. The molecular formula is C18H19N3. The largest absolute Gasteiger partial charge is 0.377 e. The maximum absolute atomic E-state index is 6.00. The minimum absolute atomic E-state index is 0.0460. The van der Waals surface area contributed by atoms with Crippen molar-refractivity contribution in [2.24, 2.45) is 5.73 Å². The summed E-state index contributed by atoms with van der Waals surface area (Å²) in [4.78, 5) is 4.35. The standard InChI is InChI=1S/C18H19N3/c1-13-6-2-5-9-17(13)21-18(10-19)16-12-20-11-14-7-3-4-8-15(14)16/h2-9,11-12,18,21H,10,19H2,1H3. The smallest absolute Gasteiger partial charge is 0.0657 e. The number of para-hydroxylation sites is 1. The normalized spacial score (nSPS) is 12.3. The molecule has 1 atom stereocenters. The van der Waals surface area contributed by atoms with Crippen molar-refractivity contribution >= 4 is 16.5 Å². The highest BCUT2D eigenvalue weighted by Gasteiger charge is 2.13. The summed E-state index contributed by atoms with van der Waals surface area (Å²) in [6, 6.07) is 16.6. The first-order chi connectivity index (χ1) is 10.3. The molecule has 1 heterocycles. The second-order valence-electron chi connectivity index (χ2n) is 5.20. The molecule has 1 aromatic heterocycles. The highest BCUT2D eigenvalue weighted by atomic mass is 14.9. The summed E-state index contributed by atoms with van der Waals surface area (Å²) in [5, 5.41) is 5.88. The summed E-state index contributed by atoms with van der Waals surface area (Å²) in [5.74, 6) is 0. The Morgan fingerprint density at radius 1 is 1.05 bits per heavy atom. The molecule has 0 aliphatic carbocycles. The van der Waals surface area contributed by atoms with Crippen molar-refractivity contribution in [1.82, 2.24) is 4.98 Å². The third-order valence-electron chi connectivity index (χ3n) is 3.78. The van der Waals surface area contributed by atoms with Crippen LogP contribution in [0.4, 0.5) is 5.69 Å². The monoisotopic (exact) mass is 277 g/mol. The van der Waals surface area contributed by atoms with Crippen LogP contribution in [0.2, 0.25) is 0 Å². The highest BCUT2D eigenvalue weighted by molar-refractivity contribution is 5.85. The van der Waals surface area contributed by atoms with Gasteiger partial charge in [-0.2, -0.15) is 0 Å². The van der Waals surface area contributed by atoms with Gasteiger partial charge in [-0.1, -0.05) is 42.5 Å². The van der Waals surface area contributed by atoms with Crippen molar-refractivity contribution in [2.75, 3.05) is 11.9 Å². The average Bonchev–Trinajstić information content (AvgIpc) is 2.54. The van der Waals surface area contributed by atoms with Crippen LogP contribution in [-0.4, -0.2) is 11.5 Å². The number of anilines is 1. The van der Waals surface area contributed by atoms with E-state index in [9.17, 15) is 0 Å². The number of fused-ring (bicyclic) bond motifs is 1. The van der Waals surface area contributed by atoms with Crippen LogP contribution in [0.5, 0.6) is 0 Å². The van der Waals surface area contributed by atoms with Gasteiger partial charge in [0.05, 0.1) is 6.04 Å². The van der Waals surface area contributed by atoms with Gasteiger partial charge in [-0.05, 0) is 23.9 Å². The van der Waals surface area contributed by atoms with E-state index in [1.807, 2.05) is 36.7 Å². The van der Waals surface area contributed by atoms with Gasteiger partial charge in [-0.15, -0.1) is 0 Å². The van der Waals surface area contributed by atoms with Gasteiger partial charge in [0.2, 0.25) is 0 Å². The number of nitrogens with two attached hydrogens (primary N) is 1. The maximum atomic E-state index is 6.00. The van der Waals surface area contributed by atoms with E-state index < -0.39 is 0 Å². The summed E-state index contributed by atoms with van der Waals surface area (Å²) in [6.07, 6.45) is 3.80. The Bertz CT molecular complexity index is 747. The molecule has 0 fully saturated rings. The van der Waals surface area contributed by atoms with Crippen LogP contribution in [-0.2, 0) is 0 Å². The van der Waals surface area contributed by atoms with E-state index >= 15 is 0 Å². The molecule has 1 unspecified atom stereocenters. The van der Waals surface area contributed by atoms with Gasteiger partial charge in [0.1, 0.15) is 0 Å². The number of rotatable bonds is 4. The lowest BCUT2D eigenvalue weighted by atomic mass is 10.0. The van der Waals surface area contributed by atoms with Gasteiger partial charge in [0.25, 0.3) is 0 Å². The minimum atomic E-state index is 0.0460. The lowest BCUT2D eigenvalue weighted by Gasteiger charge is -2.21. The molecule has 3 rings (SSSR count). The van der Waals surface area contributed by atoms with Crippen LogP contribution < -0.4 is 11.1 Å². The quantitative estimate of drug-likeness (QED) is 0.765. The number of aryl methyl sites for hydroxylation is 1. The fraction of sp³-hybridized carbons (Fsp3) is 0.167. The van der Waals surface area contributed by atoms with Crippen LogP contribution >= 0.6 is 0 Å². The lowest BCUT2D eigenvalue weighted by molar-refractivity contribution is 0.791. The summed E-state index contributed by atoms with van der Waals surface area (Å²) in [6.45, 7) is 2.61. The second kappa shape index (κ2) is 5.94. The van der Waals surface area contributed by atoms with Crippen LogP contribution in [0.1, 0.15) is 17.2 Å². The van der Waals surface area contributed by atoms with Gasteiger partial charge in [-0.25, -0.2) is 0 Å². The molecule has 0 saturated carbocycles. The lowest BCUT2D eigenvalue weighted by Crippen LogP contribution is -2.21. The fourth-order valence-electron chi connectivity index (χ4n) is 2.60. The van der Waals surface area contributed by atoms with E-state index in [0.29, 0.717) is 6.54 Å². The number of aromatic nitrogens is 1. The average molecular weight is 277 g/mol. The molecule has 106 valence electrons. The summed E-state index contributed by atoms with van der Waals surface area (Å²) < 4.78 is 0. The summed E-state index contributed by atoms with van der Waals surface area (Å²) in [7, 11) is 0. The van der Waals surface area contributed by atoms with Crippen LogP contribution in [0.3, 0.4) is 0 Å². The zero-order valence-corrected chi connectivity index (χ0v) is 12.1. The molecule has 0 saturated heterocycles. The first-order valence-electron chi connectivity index (χ1n) is 7.14. The molecule has 0 radical (unpaired) electrons. The molecule has 21 heavy (non-hydrogen) atoms. The number of nitrogens with zero attached hydrogens (tertiary/aromatic N) is 1. The van der Waals surface area contributed by atoms with Crippen molar-refractivity contribution in [3.8, 4) is 0 Å². The van der Waals surface area contributed by atoms with Gasteiger partial charge >= 0.3 is 0 Å². The van der Waals surface area contributed by atoms with Crippen molar-refractivity contribution in [2.45, 2.75) is 13.0 Å². The number of benzene rings is 2. The van der Waals surface area contributed by atoms with Crippen LogP contribution in [0.15, 0.2) is 60.9 Å². The summed E-state index contributed by atoms with van der Waals surface area (Å²) in [5.41, 5.74) is 9.47. The SMILES string of the molecule is Cc1ccccc1NC(CN)c1cncc2ccccc12. The van der Waals surface area contributed by atoms with Gasteiger partial charge in [0, 0.05) is 35.6 Å². The van der Waals surface area contributed by atoms with E-state index in [2.05, 4.69) is 41.5 Å². The van der Waals surface area contributed by atoms with E-state index in [1.54, 1.807) is 0 Å². The predicted molar refractivity (Wildman–Crippen MR) is 88.3 cm³/mol. The molecule has 3 aromatic rings. The Hall–Kier alpha value is -2.39. The van der Waals surface area contributed by atoms with Gasteiger partial charge < -0.3 is 11.1 Å². The van der Waals surface area contributed by atoms with E-state index in [0.717, 1.165) is 16.6 Å². The van der Waals surface area contributed by atoms with Crippen molar-refractivity contribution in [3.05, 3.63) is 72.1 Å². The zero-order valence-electron chi connectivity index (χ0n) is 12.1. The van der Waals surface area contributed by atoms with Gasteiger partial charge in [0.15, 0.2) is 0 Å². The third-order valence-corrected chi connectivity index (χ3v) is 3.78. The number of hydrogen-bond acceptors (Lipinski definition) is 3. The fourth-order valence-corrected chi connectivity index (χ4v) is 2.60. The Kier molecular flexibility index (Phi) is 3.84. The Morgan fingerprint density at radius 3 is 2.62 bits per heavy atom. The van der Waals surface area contributed by atoms with Crippen LogP contribution in [0, 0.1) is 6.92 Å². The van der Waals surface area contributed by atoms with E-state index in [4.69, 9.17) is 5.73 Å². The molecule has 0 aliphatic heterocycles. The molecule has 0 bridgehead atoms. The van der Waals surface area contributed by atoms with Crippen molar-refractivity contribution in [3.63, 3.8) is 0 Å². The van der Waals surface area contributed by atoms with E-state index in [1.165, 1.54) is 10.9 Å². The van der Waals surface area contributed by atoms with E-state index in [-0.39, 0.29) is 6.04 Å². The second-order valence-corrected chi connectivity index (χ2v) is 5.20. The first-order valence-corrected chi connectivity index (χ1v) is 7.14. The number of hydrogen-bond donors (Lipinski definition) is 2. The summed E-state index contributed by atoms with van der Waals surface area (Å²) >= 11 is 0. The number of nitrogens with one attached hydrogen (secondary N) is 1. The van der Waals surface area contributed by atoms with Gasteiger partial charge in [-0.3, -0.25) is 4.98 Å². The molecule has 3 N–H and O–H groups in total. The topological polar surface area (TPSA) is 50.9 Å². The van der Waals surface area contributed by atoms with Crippen molar-refractivity contribution in [1.29, 1.82) is 0 Å². The molecule has 2 aromatic carbocycles. The van der Waals surface area contributed by atoms with Crippen molar-refractivity contribution < 1.29 is 0 Å². The molecule has 3 nitrogen and oxygen atoms in total.